The van der Waals surface area contributed by atoms with Gasteiger partial charge in [0, 0.05) is 5.69 Å². The van der Waals surface area contributed by atoms with Crippen molar-refractivity contribution >= 4 is 23.1 Å². The van der Waals surface area contributed by atoms with Crippen LogP contribution in [0.4, 0.5) is 18.9 Å². The highest BCUT2D eigenvalue weighted by molar-refractivity contribution is 6.51. The molecule has 2 N–H and O–H groups in total. The van der Waals surface area contributed by atoms with Crippen LogP contribution in [0.1, 0.15) is 33.9 Å². The minimum atomic E-state index is -4.68. The maximum absolute atomic E-state index is 13.4. The van der Waals surface area contributed by atoms with Gasteiger partial charge in [-0.15, -0.1) is 0 Å². The first-order valence-corrected chi connectivity index (χ1v) is 10.9. The van der Waals surface area contributed by atoms with Gasteiger partial charge in [-0.1, -0.05) is 24.3 Å². The maximum atomic E-state index is 13.4. The van der Waals surface area contributed by atoms with Crippen molar-refractivity contribution in [2.75, 3.05) is 12.0 Å². The fourth-order valence-corrected chi connectivity index (χ4v) is 4.45. The van der Waals surface area contributed by atoms with Crippen LogP contribution in [-0.2, 0) is 15.8 Å². The van der Waals surface area contributed by atoms with E-state index in [0.29, 0.717) is 11.1 Å². The van der Waals surface area contributed by atoms with Crippen LogP contribution in [0.15, 0.2) is 66.2 Å². The first kappa shape index (κ1) is 24.8. The second kappa shape index (κ2) is 9.07. The van der Waals surface area contributed by atoms with Gasteiger partial charge in [-0.25, -0.2) is 0 Å². The Balaban J connectivity index is 2.00. The van der Waals surface area contributed by atoms with Gasteiger partial charge in [0.1, 0.15) is 17.3 Å². The van der Waals surface area contributed by atoms with E-state index in [-0.39, 0.29) is 28.3 Å². The van der Waals surface area contributed by atoms with Crippen molar-refractivity contribution in [3.63, 3.8) is 0 Å². The number of rotatable bonds is 4. The topological polar surface area (TPSA) is 87.1 Å². The zero-order chi connectivity index (χ0) is 26.4. The predicted octanol–water partition coefficient (Wildman–Crippen LogP) is 5.66. The Morgan fingerprint density at radius 3 is 2.28 bits per heavy atom. The molecule has 0 bridgehead atoms. The van der Waals surface area contributed by atoms with Crippen LogP contribution < -0.4 is 9.64 Å². The van der Waals surface area contributed by atoms with Crippen LogP contribution in [-0.4, -0.2) is 29.0 Å². The number of Topliss-reactive ketones (excluding diaryl/α,β-unsaturated/α-hetero) is 1. The monoisotopic (exact) mass is 497 g/mol. The number of halogens is 3. The molecule has 0 aromatic heterocycles. The number of carbonyl (C=O) groups is 2. The summed E-state index contributed by atoms with van der Waals surface area (Å²) in [4.78, 5) is 27.4. The minimum absolute atomic E-state index is 0.0919. The van der Waals surface area contributed by atoms with Crippen LogP contribution in [0, 0.1) is 13.8 Å². The number of aromatic hydroxyl groups is 1. The molecule has 1 aliphatic heterocycles. The van der Waals surface area contributed by atoms with Gasteiger partial charge in [-0.2, -0.15) is 13.2 Å². The average molecular weight is 497 g/mol. The highest BCUT2D eigenvalue weighted by atomic mass is 19.4. The normalized spacial score (nSPS) is 17.5. The molecule has 1 atom stereocenters. The van der Waals surface area contributed by atoms with Crippen molar-refractivity contribution in [3.05, 3.63) is 94.1 Å². The van der Waals surface area contributed by atoms with Gasteiger partial charge in [-0.05, 0) is 66.9 Å². The van der Waals surface area contributed by atoms with E-state index in [1.165, 1.54) is 37.4 Å². The summed E-state index contributed by atoms with van der Waals surface area (Å²) in [5, 5.41) is 21.1. The zero-order valence-corrected chi connectivity index (χ0v) is 19.6. The van der Waals surface area contributed by atoms with Gasteiger partial charge in [0.05, 0.1) is 29.9 Å². The number of methoxy groups -OCH3 is 1. The van der Waals surface area contributed by atoms with E-state index in [1.54, 1.807) is 19.9 Å². The molecule has 36 heavy (non-hydrogen) atoms. The summed E-state index contributed by atoms with van der Waals surface area (Å²) in [7, 11) is 1.40. The van der Waals surface area contributed by atoms with Crippen LogP contribution >= 0.6 is 0 Å². The summed E-state index contributed by atoms with van der Waals surface area (Å²) in [5.41, 5.74) is 0.413. The molecule has 0 saturated carbocycles. The molecule has 4 rings (SSSR count). The summed E-state index contributed by atoms with van der Waals surface area (Å²) in [6.07, 6.45) is -4.68. The van der Waals surface area contributed by atoms with Gasteiger partial charge in [0.25, 0.3) is 11.7 Å². The smallest absolute Gasteiger partial charge is 0.416 e. The number of amides is 1. The molecule has 1 saturated heterocycles. The first-order chi connectivity index (χ1) is 16.9. The van der Waals surface area contributed by atoms with Crippen LogP contribution in [0.3, 0.4) is 0 Å². The average Bonchev–Trinajstić information content (AvgIpc) is 3.08. The Bertz CT molecular complexity index is 1390. The lowest BCUT2D eigenvalue weighted by Gasteiger charge is -2.26. The Morgan fingerprint density at radius 1 is 1.00 bits per heavy atom. The fraction of sp³-hybridized carbons (Fsp3) is 0.185. The van der Waals surface area contributed by atoms with Crippen molar-refractivity contribution in [2.45, 2.75) is 26.1 Å². The number of ether oxygens (including phenoxy) is 1. The van der Waals surface area contributed by atoms with Crippen LogP contribution in [0.2, 0.25) is 0 Å². The number of alkyl halides is 3. The highest BCUT2D eigenvalue weighted by Gasteiger charge is 2.47. The maximum Gasteiger partial charge on any atom is 0.416 e. The van der Waals surface area contributed by atoms with E-state index in [9.17, 15) is 33.0 Å². The molecule has 1 amide bonds. The van der Waals surface area contributed by atoms with Crippen LogP contribution in [0.25, 0.3) is 5.76 Å². The molecular weight excluding hydrogens is 475 g/mol. The highest BCUT2D eigenvalue weighted by Crippen LogP contribution is 2.45. The fourth-order valence-electron chi connectivity index (χ4n) is 4.45. The molecule has 0 radical (unpaired) electrons. The molecule has 1 unspecified atom stereocenters. The van der Waals surface area contributed by atoms with E-state index in [1.807, 2.05) is 6.07 Å². The number of hydrogen-bond donors (Lipinski definition) is 2. The summed E-state index contributed by atoms with van der Waals surface area (Å²) < 4.78 is 45.7. The van der Waals surface area contributed by atoms with Crippen molar-refractivity contribution in [3.8, 4) is 11.5 Å². The van der Waals surface area contributed by atoms with E-state index >= 15 is 0 Å². The van der Waals surface area contributed by atoms with Crippen molar-refractivity contribution in [2.24, 2.45) is 0 Å². The van der Waals surface area contributed by atoms with Crippen LogP contribution in [0.5, 0.6) is 11.5 Å². The lowest BCUT2D eigenvalue weighted by atomic mass is 9.93. The number of anilines is 1. The standard InChI is InChI=1S/C27H22F3NO5/c1-14-11-15(2)25(36-3)20(12-14)23(33)21-22(16-7-9-19(32)10-8-16)31(26(35)24(21)34)18-6-4-5-17(13-18)27(28,29)30/h4-13,22,32-33H,1-3H3/b23-21+. The van der Waals surface area contributed by atoms with E-state index in [2.05, 4.69) is 0 Å². The molecule has 186 valence electrons. The van der Waals surface area contributed by atoms with Gasteiger partial charge in [-0.3, -0.25) is 14.5 Å². The summed E-state index contributed by atoms with van der Waals surface area (Å²) in [5.74, 6) is -2.50. The molecule has 3 aromatic rings. The summed E-state index contributed by atoms with van der Waals surface area (Å²) in [6, 6.07) is 11.7. The molecule has 1 fully saturated rings. The molecule has 1 heterocycles. The number of aryl methyl sites for hydroxylation is 2. The van der Waals surface area contributed by atoms with Crippen molar-refractivity contribution in [1.29, 1.82) is 0 Å². The van der Waals surface area contributed by atoms with E-state index < -0.39 is 35.2 Å². The van der Waals surface area contributed by atoms with Crippen molar-refractivity contribution < 1.29 is 37.7 Å². The lowest BCUT2D eigenvalue weighted by molar-refractivity contribution is -0.137. The lowest BCUT2D eigenvalue weighted by Crippen LogP contribution is -2.29. The van der Waals surface area contributed by atoms with E-state index in [4.69, 9.17) is 4.74 Å². The van der Waals surface area contributed by atoms with Gasteiger partial charge in [0.15, 0.2) is 0 Å². The number of phenols is 1. The molecule has 0 aliphatic carbocycles. The van der Waals surface area contributed by atoms with Gasteiger partial charge in [0.2, 0.25) is 0 Å². The SMILES string of the molecule is COc1c(C)cc(C)cc1/C(O)=C1\C(=O)C(=O)N(c2cccc(C(F)(F)F)c2)C1c1ccc(O)cc1. The third kappa shape index (κ3) is 4.28. The number of nitrogens with zero attached hydrogens (tertiary/aromatic N) is 1. The summed E-state index contributed by atoms with van der Waals surface area (Å²) >= 11 is 0. The number of aliphatic hydroxyl groups is 1. The van der Waals surface area contributed by atoms with Gasteiger partial charge >= 0.3 is 6.18 Å². The zero-order valence-electron chi connectivity index (χ0n) is 19.6. The van der Waals surface area contributed by atoms with Crippen molar-refractivity contribution in [1.82, 2.24) is 0 Å². The quantitative estimate of drug-likeness (QED) is 0.276. The third-order valence-electron chi connectivity index (χ3n) is 5.98. The minimum Gasteiger partial charge on any atom is -0.508 e. The molecular formula is C27H22F3NO5. The Labute approximate surface area is 204 Å². The van der Waals surface area contributed by atoms with Gasteiger partial charge < -0.3 is 14.9 Å². The Hall–Kier alpha value is -4.27. The second-order valence-corrected chi connectivity index (χ2v) is 8.47. The third-order valence-corrected chi connectivity index (χ3v) is 5.98. The number of benzene rings is 3. The predicted molar refractivity (Wildman–Crippen MR) is 127 cm³/mol. The number of carbonyl (C=O) groups excluding carboxylic acids is 2. The Kier molecular flexibility index (Phi) is 6.26. The molecule has 6 nitrogen and oxygen atoms in total. The molecule has 0 spiro atoms. The molecule has 3 aromatic carbocycles. The summed E-state index contributed by atoms with van der Waals surface area (Å²) in [6.45, 7) is 3.53. The number of phenolic OH excluding ortho intramolecular Hbond substituents is 1. The number of hydrogen-bond acceptors (Lipinski definition) is 5. The largest absolute Gasteiger partial charge is 0.508 e. The first-order valence-electron chi connectivity index (χ1n) is 10.9. The van der Waals surface area contributed by atoms with E-state index in [0.717, 1.165) is 28.7 Å². The Morgan fingerprint density at radius 2 is 1.67 bits per heavy atom. The molecule has 9 heteroatoms. The number of aliphatic hydroxyl groups excluding tert-OH is 1. The number of ketones is 1. The molecule has 1 aliphatic rings. The second-order valence-electron chi connectivity index (χ2n) is 8.47.